The highest BCUT2D eigenvalue weighted by Gasteiger charge is 2.08. The first-order chi connectivity index (χ1) is 9.26. The minimum absolute atomic E-state index is 0.299. The van der Waals surface area contributed by atoms with E-state index in [0.717, 1.165) is 16.5 Å². The average molecular weight is 254 g/mol. The van der Waals surface area contributed by atoms with E-state index in [1.54, 1.807) is 0 Å². The molecule has 6 heteroatoms. The standard InChI is InChI=1S/C13H10N4O2/c1-19-12(18)8-4-6-10-9-5-2-3-7-11(9)15-13(10)16-17-14/h2-3,5,7,15H,6H2,1H3. The Morgan fingerprint density at radius 2 is 2.32 bits per heavy atom. The molecule has 0 amide bonds. The predicted molar refractivity (Wildman–Crippen MR) is 70.6 cm³/mol. The molecule has 0 saturated carbocycles. The molecule has 1 aromatic heterocycles. The number of hydrogen-bond donors (Lipinski definition) is 1. The molecule has 0 atom stereocenters. The summed E-state index contributed by atoms with van der Waals surface area (Å²) in [5.74, 6) is 4.87. The molecule has 0 aliphatic heterocycles. The summed E-state index contributed by atoms with van der Waals surface area (Å²) in [5, 5.41) is 4.52. The van der Waals surface area contributed by atoms with Gasteiger partial charge in [0, 0.05) is 28.2 Å². The number of azide groups is 1. The number of carbonyl (C=O) groups excluding carboxylic acids is 1. The van der Waals surface area contributed by atoms with E-state index in [9.17, 15) is 4.79 Å². The van der Waals surface area contributed by atoms with Crippen molar-refractivity contribution < 1.29 is 9.53 Å². The number of benzene rings is 1. The van der Waals surface area contributed by atoms with Gasteiger partial charge >= 0.3 is 5.97 Å². The number of fused-ring (bicyclic) bond motifs is 1. The van der Waals surface area contributed by atoms with E-state index >= 15 is 0 Å². The van der Waals surface area contributed by atoms with E-state index in [-0.39, 0.29) is 0 Å². The maximum atomic E-state index is 10.9. The largest absolute Gasteiger partial charge is 0.459 e. The molecular formula is C13H10N4O2. The van der Waals surface area contributed by atoms with Gasteiger partial charge in [-0.25, -0.2) is 4.79 Å². The summed E-state index contributed by atoms with van der Waals surface area (Å²) >= 11 is 0. The van der Waals surface area contributed by atoms with Crippen LogP contribution >= 0.6 is 0 Å². The lowest BCUT2D eigenvalue weighted by molar-refractivity contribution is -0.133. The predicted octanol–water partition coefficient (Wildman–Crippen LogP) is 2.83. The summed E-state index contributed by atoms with van der Waals surface area (Å²) in [5.41, 5.74) is 10.2. The first-order valence-corrected chi connectivity index (χ1v) is 5.47. The van der Waals surface area contributed by atoms with Crippen LogP contribution in [0.25, 0.3) is 21.3 Å². The van der Waals surface area contributed by atoms with Crippen molar-refractivity contribution in [2.24, 2.45) is 5.11 Å². The summed E-state index contributed by atoms with van der Waals surface area (Å²) in [7, 11) is 1.27. The number of H-pyrrole nitrogens is 1. The van der Waals surface area contributed by atoms with Crippen LogP contribution in [-0.4, -0.2) is 18.1 Å². The van der Waals surface area contributed by atoms with E-state index in [2.05, 4.69) is 31.6 Å². The normalized spacial score (nSPS) is 9.32. The van der Waals surface area contributed by atoms with E-state index in [1.807, 2.05) is 24.3 Å². The lowest BCUT2D eigenvalue weighted by Gasteiger charge is -1.94. The van der Waals surface area contributed by atoms with Gasteiger partial charge in [-0.3, -0.25) is 0 Å². The second-order valence-electron chi connectivity index (χ2n) is 3.66. The number of carbonyl (C=O) groups is 1. The fraction of sp³-hybridized carbons (Fsp3) is 0.154. The minimum Gasteiger partial charge on any atom is -0.459 e. The van der Waals surface area contributed by atoms with E-state index < -0.39 is 5.97 Å². The molecule has 0 bridgehead atoms. The molecule has 1 heterocycles. The van der Waals surface area contributed by atoms with Gasteiger partial charge in [-0.05, 0) is 22.3 Å². The highest BCUT2D eigenvalue weighted by molar-refractivity contribution is 5.90. The maximum absolute atomic E-state index is 10.9. The summed E-state index contributed by atoms with van der Waals surface area (Å²) < 4.78 is 4.43. The third-order valence-corrected chi connectivity index (χ3v) is 2.58. The number of hydrogen-bond acceptors (Lipinski definition) is 3. The molecule has 19 heavy (non-hydrogen) atoms. The molecule has 1 aromatic carbocycles. The Balaban J connectivity index is 2.44. The van der Waals surface area contributed by atoms with Crippen molar-refractivity contribution >= 4 is 22.7 Å². The van der Waals surface area contributed by atoms with Crippen LogP contribution in [0.3, 0.4) is 0 Å². The number of aromatic nitrogens is 1. The fourth-order valence-corrected chi connectivity index (χ4v) is 1.75. The molecule has 0 fully saturated rings. The van der Waals surface area contributed by atoms with Gasteiger partial charge in [-0.1, -0.05) is 24.1 Å². The van der Waals surface area contributed by atoms with Crippen molar-refractivity contribution in [2.45, 2.75) is 6.42 Å². The van der Waals surface area contributed by atoms with Crippen molar-refractivity contribution in [3.8, 4) is 11.8 Å². The van der Waals surface area contributed by atoms with Crippen molar-refractivity contribution in [3.63, 3.8) is 0 Å². The third kappa shape index (κ3) is 2.68. The number of nitrogens with one attached hydrogen (secondary N) is 1. The first kappa shape index (κ1) is 12.6. The number of esters is 1. The lowest BCUT2D eigenvalue weighted by Crippen LogP contribution is -1.94. The number of ether oxygens (including phenoxy) is 1. The Morgan fingerprint density at radius 1 is 1.53 bits per heavy atom. The van der Waals surface area contributed by atoms with Gasteiger partial charge in [0.05, 0.1) is 7.11 Å². The quantitative estimate of drug-likeness (QED) is 0.223. The second kappa shape index (κ2) is 5.63. The van der Waals surface area contributed by atoms with Crippen LogP contribution < -0.4 is 0 Å². The Kier molecular flexibility index (Phi) is 3.72. The summed E-state index contributed by atoms with van der Waals surface area (Å²) in [6.07, 6.45) is 0.299. The zero-order valence-electron chi connectivity index (χ0n) is 10.2. The smallest absolute Gasteiger partial charge is 0.384 e. The van der Waals surface area contributed by atoms with Crippen LogP contribution in [0.2, 0.25) is 0 Å². The van der Waals surface area contributed by atoms with Gasteiger partial charge in [-0.15, -0.1) is 0 Å². The topological polar surface area (TPSA) is 90.8 Å². The number of methoxy groups -OCH3 is 1. The maximum Gasteiger partial charge on any atom is 0.384 e. The minimum atomic E-state index is -0.592. The SMILES string of the molecule is COC(=O)C#CCc1c(N=[N+]=[N-])[nH]c2ccccc12. The van der Waals surface area contributed by atoms with Crippen LogP contribution in [0.4, 0.5) is 5.82 Å². The zero-order valence-corrected chi connectivity index (χ0v) is 10.2. The number of nitrogens with zero attached hydrogens (tertiary/aromatic N) is 3. The highest BCUT2D eigenvalue weighted by Crippen LogP contribution is 2.28. The van der Waals surface area contributed by atoms with Gasteiger partial charge < -0.3 is 9.72 Å². The van der Waals surface area contributed by atoms with Gasteiger partial charge in [0.2, 0.25) is 0 Å². The van der Waals surface area contributed by atoms with Crippen molar-refractivity contribution in [2.75, 3.05) is 7.11 Å². The monoisotopic (exact) mass is 254 g/mol. The Hall–Kier alpha value is -2.90. The summed E-state index contributed by atoms with van der Waals surface area (Å²) in [6, 6.07) is 7.54. The average Bonchev–Trinajstić information content (AvgIpc) is 2.77. The van der Waals surface area contributed by atoms with Crippen molar-refractivity contribution in [1.82, 2.24) is 4.98 Å². The molecule has 94 valence electrons. The van der Waals surface area contributed by atoms with Crippen molar-refractivity contribution in [3.05, 3.63) is 40.3 Å². The van der Waals surface area contributed by atoms with E-state index in [0.29, 0.717) is 12.2 Å². The second-order valence-corrected chi connectivity index (χ2v) is 3.66. The van der Waals surface area contributed by atoms with Crippen LogP contribution in [0.1, 0.15) is 5.56 Å². The van der Waals surface area contributed by atoms with E-state index in [1.165, 1.54) is 7.11 Å². The lowest BCUT2D eigenvalue weighted by atomic mass is 10.1. The fourth-order valence-electron chi connectivity index (χ4n) is 1.75. The summed E-state index contributed by atoms with van der Waals surface area (Å²) in [4.78, 5) is 16.7. The number of aromatic amines is 1. The van der Waals surface area contributed by atoms with Gasteiger partial charge in [0.1, 0.15) is 5.82 Å². The molecule has 0 unspecified atom stereocenters. The van der Waals surface area contributed by atoms with Gasteiger partial charge in [0.15, 0.2) is 0 Å². The summed E-state index contributed by atoms with van der Waals surface area (Å²) in [6.45, 7) is 0. The van der Waals surface area contributed by atoms with Crippen LogP contribution in [0, 0.1) is 11.8 Å². The van der Waals surface area contributed by atoms with Gasteiger partial charge in [0.25, 0.3) is 0 Å². The molecule has 0 aliphatic rings. The van der Waals surface area contributed by atoms with E-state index in [4.69, 9.17) is 5.53 Å². The molecule has 1 N–H and O–H groups in total. The molecule has 0 radical (unpaired) electrons. The molecule has 0 saturated heterocycles. The molecule has 2 aromatic rings. The van der Waals surface area contributed by atoms with Crippen LogP contribution in [0.15, 0.2) is 29.4 Å². The highest BCUT2D eigenvalue weighted by atomic mass is 16.5. The molecule has 0 spiro atoms. The molecule has 6 nitrogen and oxygen atoms in total. The molecule has 0 aliphatic carbocycles. The Labute approximate surface area is 109 Å². The third-order valence-electron chi connectivity index (χ3n) is 2.58. The molecule has 2 rings (SSSR count). The van der Waals surface area contributed by atoms with Crippen LogP contribution in [-0.2, 0) is 16.0 Å². The first-order valence-electron chi connectivity index (χ1n) is 5.47. The number of rotatable bonds is 2. The number of para-hydroxylation sites is 1. The molecular weight excluding hydrogens is 244 g/mol. The van der Waals surface area contributed by atoms with Gasteiger partial charge in [-0.2, -0.15) is 0 Å². The van der Waals surface area contributed by atoms with Crippen molar-refractivity contribution in [1.29, 1.82) is 0 Å². The zero-order chi connectivity index (χ0) is 13.7. The Bertz CT molecular complexity index is 730. The van der Waals surface area contributed by atoms with Crippen LogP contribution in [0.5, 0.6) is 0 Å². The Morgan fingerprint density at radius 3 is 3.05 bits per heavy atom.